The summed E-state index contributed by atoms with van der Waals surface area (Å²) >= 11 is 13.4. The molecular formula is C49H47Cl2N5O8. The summed E-state index contributed by atoms with van der Waals surface area (Å²) in [6, 6.07) is 24.3. The molecule has 330 valence electrons. The number of carboxylic acids is 1. The number of aliphatic hydroxyl groups excluding tert-OH is 2. The third kappa shape index (κ3) is 11.5. The average Bonchev–Trinajstić information content (AvgIpc) is 3.30. The fraction of sp³-hybridized carbons (Fsp3) is 0.245. The average molecular weight is 905 g/mol. The predicted octanol–water partition coefficient (Wildman–Crippen LogP) is 8.72. The van der Waals surface area contributed by atoms with Gasteiger partial charge in [-0.3, -0.25) is 25.1 Å². The maximum atomic E-state index is 11.9. The van der Waals surface area contributed by atoms with Gasteiger partial charge in [-0.25, -0.2) is 0 Å². The molecule has 2 heterocycles. The molecule has 13 nitrogen and oxygen atoms in total. The SMILES string of the molecule is C/N=C/c1cncc(COc2cc(OCc3cccc(-c4cccc(COc5cc(OCc6cncc(C#N)c6)c(CNC(C)(CO)C(=O)O)cc5Cl)c4C)c3C)c(Cl)cc2CO)c1. The number of pyridine rings is 2. The van der Waals surface area contributed by atoms with Crippen LogP contribution in [0.1, 0.15) is 62.6 Å². The quantitative estimate of drug-likeness (QED) is 0.0535. The minimum atomic E-state index is -1.62. The van der Waals surface area contributed by atoms with Gasteiger partial charge in [0, 0.05) is 84.5 Å². The predicted molar refractivity (Wildman–Crippen MR) is 244 cm³/mol. The molecule has 0 radical (unpaired) electrons. The van der Waals surface area contributed by atoms with E-state index in [2.05, 4.69) is 32.4 Å². The Morgan fingerprint density at radius 3 is 1.81 bits per heavy atom. The van der Waals surface area contributed by atoms with Crippen molar-refractivity contribution in [2.24, 2.45) is 4.99 Å². The molecule has 0 saturated heterocycles. The molecule has 1 unspecified atom stereocenters. The highest BCUT2D eigenvalue weighted by molar-refractivity contribution is 6.32. The molecule has 4 N–H and O–H groups in total. The highest BCUT2D eigenvalue weighted by Gasteiger charge is 2.32. The number of aromatic nitrogens is 2. The topological polar surface area (TPSA) is 189 Å². The second kappa shape index (κ2) is 21.7. The smallest absolute Gasteiger partial charge is 0.326 e. The van der Waals surface area contributed by atoms with E-state index in [-0.39, 0.29) is 44.6 Å². The van der Waals surface area contributed by atoms with E-state index in [0.29, 0.717) is 50.3 Å². The number of aliphatic imine (C=N–C) groups is 1. The van der Waals surface area contributed by atoms with Crippen LogP contribution in [-0.4, -0.2) is 56.7 Å². The van der Waals surface area contributed by atoms with E-state index in [0.717, 1.165) is 44.5 Å². The summed E-state index contributed by atoms with van der Waals surface area (Å²) in [4.78, 5) is 24.3. The van der Waals surface area contributed by atoms with Crippen molar-refractivity contribution in [2.75, 3.05) is 13.7 Å². The Morgan fingerprint density at radius 1 is 0.750 bits per heavy atom. The summed E-state index contributed by atoms with van der Waals surface area (Å²) in [5.41, 5.74) is 8.00. The van der Waals surface area contributed by atoms with E-state index in [1.54, 1.807) is 62.2 Å². The molecule has 0 aliphatic rings. The van der Waals surface area contributed by atoms with Crippen LogP contribution in [0.25, 0.3) is 11.1 Å². The number of aliphatic hydroxyl groups is 2. The number of benzene rings is 4. The van der Waals surface area contributed by atoms with Crippen LogP contribution >= 0.6 is 23.2 Å². The van der Waals surface area contributed by atoms with Crippen LogP contribution in [0.5, 0.6) is 23.0 Å². The van der Waals surface area contributed by atoms with Gasteiger partial charge in [0.25, 0.3) is 0 Å². The zero-order chi connectivity index (χ0) is 45.8. The summed E-state index contributed by atoms with van der Waals surface area (Å²) in [5, 5.41) is 42.4. The number of carboxylic acid groups (broad SMARTS) is 1. The normalized spacial score (nSPS) is 12.1. The summed E-state index contributed by atoms with van der Waals surface area (Å²) in [5.74, 6) is 0.317. The summed E-state index contributed by atoms with van der Waals surface area (Å²) in [6.45, 7) is 5.17. The summed E-state index contributed by atoms with van der Waals surface area (Å²) < 4.78 is 24.9. The van der Waals surface area contributed by atoms with Gasteiger partial charge in [-0.2, -0.15) is 5.26 Å². The fourth-order valence-electron chi connectivity index (χ4n) is 6.72. The molecule has 15 heteroatoms. The third-order valence-corrected chi connectivity index (χ3v) is 11.2. The molecule has 0 amide bonds. The van der Waals surface area contributed by atoms with Gasteiger partial charge in [0.05, 0.1) is 28.8 Å². The highest BCUT2D eigenvalue weighted by atomic mass is 35.5. The maximum absolute atomic E-state index is 11.9. The Kier molecular flexibility index (Phi) is 15.9. The van der Waals surface area contributed by atoms with E-state index in [9.17, 15) is 25.4 Å². The zero-order valence-electron chi connectivity index (χ0n) is 35.7. The molecule has 6 rings (SSSR count). The van der Waals surface area contributed by atoms with Gasteiger partial charge in [0.2, 0.25) is 0 Å². The molecule has 0 fully saturated rings. The Hall–Kier alpha value is -6.53. The van der Waals surface area contributed by atoms with Crippen LogP contribution in [0.2, 0.25) is 10.0 Å². The number of nitrogens with zero attached hydrogens (tertiary/aromatic N) is 4. The van der Waals surface area contributed by atoms with Gasteiger partial charge in [-0.05, 0) is 78.4 Å². The van der Waals surface area contributed by atoms with E-state index in [1.807, 2.05) is 50.2 Å². The van der Waals surface area contributed by atoms with Gasteiger partial charge in [-0.15, -0.1) is 0 Å². The standard InChI is InChI=1S/C49H47Cl2N5O8/c1-30-36(27-63-46-15-44(61-25-34-11-32(17-52)19-54-21-34)38(13-42(46)50)23-56-49(3,29-58)48(59)60)7-5-9-40(30)41-10-6-8-37(31(41)2)28-64-47-16-45(39(24-57)14-43(47)51)62-26-35-12-33(18-53-4)20-55-22-35/h5-16,18-22,56-58H,23-29H2,1-4H3,(H,59,60)/b53-18+. The molecule has 0 spiro atoms. The Bertz CT molecular complexity index is 2710. The van der Waals surface area contributed by atoms with E-state index < -0.39 is 18.1 Å². The Morgan fingerprint density at radius 2 is 1.28 bits per heavy atom. The van der Waals surface area contributed by atoms with Crippen molar-refractivity contribution in [3.63, 3.8) is 0 Å². The van der Waals surface area contributed by atoms with Gasteiger partial charge in [-0.1, -0.05) is 59.6 Å². The first kappa shape index (κ1) is 47.0. The van der Waals surface area contributed by atoms with E-state index in [1.165, 1.54) is 13.1 Å². The second-order valence-electron chi connectivity index (χ2n) is 15.1. The monoisotopic (exact) mass is 903 g/mol. The van der Waals surface area contributed by atoms with Crippen LogP contribution in [0.15, 0.2) is 103 Å². The number of hydrogen-bond acceptors (Lipinski definition) is 12. The zero-order valence-corrected chi connectivity index (χ0v) is 37.2. The molecule has 4 aromatic carbocycles. The lowest BCUT2D eigenvalue weighted by molar-refractivity contribution is -0.145. The molecule has 0 aliphatic heterocycles. The Labute approximate surface area is 381 Å². The number of ether oxygens (including phenoxy) is 4. The van der Waals surface area contributed by atoms with Crippen molar-refractivity contribution in [2.45, 2.75) is 65.9 Å². The van der Waals surface area contributed by atoms with Crippen LogP contribution < -0.4 is 24.3 Å². The minimum Gasteiger partial charge on any atom is -0.488 e. The molecule has 2 aromatic heterocycles. The maximum Gasteiger partial charge on any atom is 0.326 e. The van der Waals surface area contributed by atoms with Gasteiger partial charge < -0.3 is 34.3 Å². The van der Waals surface area contributed by atoms with Crippen molar-refractivity contribution in [1.82, 2.24) is 15.3 Å². The van der Waals surface area contributed by atoms with Crippen molar-refractivity contribution in [1.29, 1.82) is 5.26 Å². The Balaban J connectivity index is 1.19. The van der Waals surface area contributed by atoms with E-state index >= 15 is 0 Å². The van der Waals surface area contributed by atoms with Crippen LogP contribution in [0.3, 0.4) is 0 Å². The molecule has 0 bridgehead atoms. The van der Waals surface area contributed by atoms with Crippen molar-refractivity contribution in [3.05, 3.63) is 163 Å². The van der Waals surface area contributed by atoms with Crippen LogP contribution in [0.4, 0.5) is 0 Å². The second-order valence-corrected chi connectivity index (χ2v) is 15.9. The van der Waals surface area contributed by atoms with Crippen molar-refractivity contribution in [3.8, 4) is 40.2 Å². The number of hydrogen-bond donors (Lipinski definition) is 4. The number of rotatable bonds is 20. The largest absolute Gasteiger partial charge is 0.488 e. The van der Waals surface area contributed by atoms with Gasteiger partial charge >= 0.3 is 5.97 Å². The van der Waals surface area contributed by atoms with Gasteiger partial charge in [0.1, 0.15) is 61.0 Å². The number of aliphatic carboxylic acids is 1. The highest BCUT2D eigenvalue weighted by Crippen LogP contribution is 2.37. The molecule has 64 heavy (non-hydrogen) atoms. The number of nitrogens with one attached hydrogen (secondary N) is 1. The fourth-order valence-corrected chi connectivity index (χ4v) is 7.20. The minimum absolute atomic E-state index is 0.00170. The van der Waals surface area contributed by atoms with Crippen LogP contribution in [0, 0.1) is 25.2 Å². The lowest BCUT2D eigenvalue weighted by atomic mass is 9.92. The molecule has 0 aliphatic carbocycles. The molecular weight excluding hydrogens is 857 g/mol. The van der Waals surface area contributed by atoms with Crippen molar-refractivity contribution >= 4 is 35.4 Å². The van der Waals surface area contributed by atoms with Crippen molar-refractivity contribution < 1.29 is 39.1 Å². The first-order chi connectivity index (χ1) is 30.9. The number of carbonyl (C=O) groups is 1. The number of nitriles is 1. The first-order valence-electron chi connectivity index (χ1n) is 20.1. The lowest BCUT2D eigenvalue weighted by Crippen LogP contribution is -2.52. The summed E-state index contributed by atoms with van der Waals surface area (Å²) in [6.07, 6.45) is 8.17. The first-order valence-corrected chi connectivity index (χ1v) is 20.9. The third-order valence-electron chi connectivity index (χ3n) is 10.6. The molecule has 6 aromatic rings. The molecule has 1 atom stereocenters. The molecule has 0 saturated carbocycles. The van der Waals surface area contributed by atoms with Gasteiger partial charge in [0.15, 0.2) is 0 Å². The van der Waals surface area contributed by atoms with E-state index in [4.69, 9.17) is 42.1 Å². The van der Waals surface area contributed by atoms with Crippen LogP contribution in [-0.2, 0) is 44.4 Å². The number of halogens is 2. The summed E-state index contributed by atoms with van der Waals surface area (Å²) in [7, 11) is 1.69. The lowest BCUT2D eigenvalue weighted by Gasteiger charge is -2.25.